The molecule has 1 saturated carbocycles. The molecule has 3 fully saturated rings. The Hall–Kier alpha value is -3.64. The molecular formula is C33H47N5O7. The van der Waals surface area contributed by atoms with Crippen molar-refractivity contribution in [1.29, 1.82) is 0 Å². The number of amides is 3. The van der Waals surface area contributed by atoms with Crippen LogP contribution < -0.4 is 15.8 Å². The van der Waals surface area contributed by atoms with E-state index in [-0.39, 0.29) is 24.4 Å². The van der Waals surface area contributed by atoms with Crippen LogP contribution in [0.25, 0.3) is 10.9 Å². The van der Waals surface area contributed by atoms with Crippen LogP contribution in [0.2, 0.25) is 0 Å². The van der Waals surface area contributed by atoms with Gasteiger partial charge in [-0.2, -0.15) is 0 Å². The summed E-state index contributed by atoms with van der Waals surface area (Å²) < 4.78 is 17.3. The Kier molecular flexibility index (Phi) is 11.3. The van der Waals surface area contributed by atoms with Crippen LogP contribution >= 0.6 is 0 Å². The highest BCUT2D eigenvalue weighted by atomic mass is 16.6. The van der Waals surface area contributed by atoms with Gasteiger partial charge in [-0.05, 0) is 75.5 Å². The summed E-state index contributed by atoms with van der Waals surface area (Å²) in [4.78, 5) is 44.4. The highest BCUT2D eigenvalue weighted by Crippen LogP contribution is 2.39. The third kappa shape index (κ3) is 8.97. The second-order valence-electron chi connectivity index (χ2n) is 12.5. The van der Waals surface area contributed by atoms with Gasteiger partial charge in [0.15, 0.2) is 0 Å². The molecular weight excluding hydrogens is 578 g/mol. The highest BCUT2D eigenvalue weighted by molar-refractivity contribution is 5.89. The largest absolute Gasteiger partial charge is 0.493 e. The fourth-order valence-electron chi connectivity index (χ4n) is 6.39. The second kappa shape index (κ2) is 15.6. The Bertz CT molecular complexity index is 1350. The SMILES string of the molecule is Cc1ccc2c(OCCCN3CCOCC3)c(CCCCCC3C[C@H]3OC(=O)NCC(=O)N3CCCC3C(N)=O)c(O)nc2c1. The van der Waals surface area contributed by atoms with E-state index in [2.05, 4.69) is 15.2 Å². The zero-order chi connectivity index (χ0) is 31.8. The van der Waals surface area contributed by atoms with E-state index in [1.54, 1.807) is 0 Å². The summed E-state index contributed by atoms with van der Waals surface area (Å²) in [6.45, 7) is 7.23. The quantitative estimate of drug-likeness (QED) is 0.253. The summed E-state index contributed by atoms with van der Waals surface area (Å²) in [5.74, 6) is 0.230. The van der Waals surface area contributed by atoms with E-state index in [9.17, 15) is 19.5 Å². The number of unbranched alkanes of at least 4 members (excludes halogenated alkanes) is 2. The molecule has 1 aromatic heterocycles. The number of primary amides is 1. The van der Waals surface area contributed by atoms with Gasteiger partial charge in [0.1, 0.15) is 24.4 Å². The third-order valence-corrected chi connectivity index (χ3v) is 9.04. The minimum atomic E-state index is -0.613. The maximum absolute atomic E-state index is 12.4. The van der Waals surface area contributed by atoms with Gasteiger partial charge >= 0.3 is 6.09 Å². The number of fused-ring (bicyclic) bond motifs is 1. The first-order valence-electron chi connectivity index (χ1n) is 16.4. The molecule has 3 aliphatic rings. The predicted molar refractivity (Wildman–Crippen MR) is 168 cm³/mol. The molecule has 12 heteroatoms. The number of nitrogens with zero attached hydrogens (tertiary/aromatic N) is 3. The Morgan fingerprint density at radius 1 is 1.13 bits per heavy atom. The van der Waals surface area contributed by atoms with E-state index >= 15 is 0 Å². The average molecular weight is 626 g/mol. The maximum Gasteiger partial charge on any atom is 0.407 e. The number of rotatable bonds is 15. The van der Waals surface area contributed by atoms with Crippen LogP contribution in [0.5, 0.6) is 11.6 Å². The molecule has 45 heavy (non-hydrogen) atoms. The van der Waals surface area contributed by atoms with Crippen molar-refractivity contribution in [1.82, 2.24) is 20.1 Å². The summed E-state index contributed by atoms with van der Waals surface area (Å²) in [7, 11) is 0. The fourth-order valence-corrected chi connectivity index (χ4v) is 6.39. The second-order valence-corrected chi connectivity index (χ2v) is 12.5. The van der Waals surface area contributed by atoms with Gasteiger partial charge in [-0.15, -0.1) is 0 Å². The number of ether oxygens (including phenoxy) is 3. The Morgan fingerprint density at radius 3 is 2.76 bits per heavy atom. The monoisotopic (exact) mass is 625 g/mol. The molecule has 1 aliphatic carbocycles. The van der Waals surface area contributed by atoms with Crippen LogP contribution in [0.1, 0.15) is 62.5 Å². The van der Waals surface area contributed by atoms with E-state index < -0.39 is 18.0 Å². The lowest BCUT2D eigenvalue weighted by Crippen LogP contribution is -2.47. The number of pyridine rings is 1. The number of benzene rings is 1. The summed E-state index contributed by atoms with van der Waals surface area (Å²) >= 11 is 0. The number of carbonyl (C=O) groups excluding carboxylic acids is 3. The number of aromatic hydroxyl groups is 1. The molecule has 3 atom stereocenters. The van der Waals surface area contributed by atoms with Crippen LogP contribution in [0.3, 0.4) is 0 Å². The molecule has 2 aromatic rings. The Balaban J connectivity index is 1.03. The van der Waals surface area contributed by atoms with Gasteiger partial charge in [-0.25, -0.2) is 9.78 Å². The number of nitrogens with one attached hydrogen (secondary N) is 1. The van der Waals surface area contributed by atoms with Crippen LogP contribution in [-0.2, 0) is 25.5 Å². The van der Waals surface area contributed by atoms with Gasteiger partial charge in [0.05, 0.1) is 30.9 Å². The van der Waals surface area contributed by atoms with Crippen molar-refractivity contribution in [3.8, 4) is 11.6 Å². The summed E-state index contributed by atoms with van der Waals surface area (Å²) in [6, 6.07) is 5.45. The molecule has 0 radical (unpaired) electrons. The molecule has 0 spiro atoms. The van der Waals surface area contributed by atoms with Crippen molar-refractivity contribution in [3.05, 3.63) is 29.3 Å². The van der Waals surface area contributed by atoms with Gasteiger partial charge < -0.3 is 35.3 Å². The molecule has 3 amide bonds. The van der Waals surface area contributed by atoms with Crippen LogP contribution in [0, 0.1) is 12.8 Å². The standard InChI is InChI=1S/C33H47N5O7/c1-22-10-11-24-26(19-22)36-32(41)25(30(24)44-16-6-12-37-14-17-43-18-15-37)8-4-2-3-7-23-20-28(23)45-33(42)35-21-29(39)38-13-5-9-27(38)31(34)40/h10-11,19,23,27-28H,2-9,12-18,20-21H2,1H3,(H2,34,40)(H,35,42)(H,36,41)/t23?,27?,28-/m1/s1. The number of morpholine rings is 1. The lowest BCUT2D eigenvalue weighted by Gasteiger charge is -2.26. The minimum absolute atomic E-state index is 0.0336. The van der Waals surface area contributed by atoms with Gasteiger partial charge in [-0.1, -0.05) is 18.9 Å². The van der Waals surface area contributed by atoms with Crippen molar-refractivity contribution in [2.45, 2.75) is 76.9 Å². The van der Waals surface area contributed by atoms with Crippen molar-refractivity contribution in [2.24, 2.45) is 11.7 Å². The molecule has 2 unspecified atom stereocenters. The summed E-state index contributed by atoms with van der Waals surface area (Å²) in [5.41, 5.74) is 7.94. The van der Waals surface area contributed by atoms with Gasteiger partial charge in [0.25, 0.3) is 0 Å². The third-order valence-electron chi connectivity index (χ3n) is 9.04. The van der Waals surface area contributed by atoms with Gasteiger partial charge in [-0.3, -0.25) is 14.5 Å². The van der Waals surface area contributed by atoms with E-state index in [0.717, 1.165) is 106 Å². The Labute approximate surface area is 264 Å². The van der Waals surface area contributed by atoms with E-state index in [1.165, 1.54) is 4.90 Å². The van der Waals surface area contributed by atoms with Crippen LogP contribution in [0.15, 0.2) is 18.2 Å². The number of likely N-dealkylation sites (tertiary alicyclic amines) is 1. The number of aromatic nitrogens is 1. The van der Waals surface area contributed by atoms with E-state index in [4.69, 9.17) is 19.9 Å². The molecule has 246 valence electrons. The first kappa shape index (κ1) is 32.7. The first-order valence-corrected chi connectivity index (χ1v) is 16.4. The zero-order valence-electron chi connectivity index (χ0n) is 26.3. The van der Waals surface area contributed by atoms with Crippen molar-refractivity contribution in [3.63, 3.8) is 0 Å². The summed E-state index contributed by atoms with van der Waals surface area (Å²) in [5, 5.41) is 14.3. The highest BCUT2D eigenvalue weighted by Gasteiger charge is 2.40. The predicted octanol–water partition coefficient (Wildman–Crippen LogP) is 3.04. The molecule has 2 saturated heterocycles. The van der Waals surface area contributed by atoms with Crippen molar-refractivity contribution >= 4 is 28.8 Å². The van der Waals surface area contributed by atoms with Gasteiger partial charge in [0, 0.05) is 31.6 Å². The number of alkyl carbamates (subject to hydrolysis) is 1. The van der Waals surface area contributed by atoms with Crippen LogP contribution in [0.4, 0.5) is 4.79 Å². The Morgan fingerprint density at radius 2 is 1.96 bits per heavy atom. The van der Waals surface area contributed by atoms with Gasteiger partial charge in [0.2, 0.25) is 17.7 Å². The molecule has 0 bridgehead atoms. The molecule has 2 aliphatic heterocycles. The van der Waals surface area contributed by atoms with E-state index in [0.29, 0.717) is 31.9 Å². The molecule has 3 heterocycles. The molecule has 5 rings (SSSR count). The number of hydrogen-bond donors (Lipinski definition) is 3. The smallest absolute Gasteiger partial charge is 0.407 e. The van der Waals surface area contributed by atoms with Crippen LogP contribution in [-0.4, -0.2) is 102 Å². The normalized spacial score (nSPS) is 21.5. The van der Waals surface area contributed by atoms with Crippen molar-refractivity contribution in [2.75, 3.05) is 52.5 Å². The lowest BCUT2D eigenvalue weighted by molar-refractivity contribution is -0.136. The number of carbonyl (C=O) groups is 3. The molecule has 1 aromatic carbocycles. The molecule has 4 N–H and O–H groups in total. The first-order chi connectivity index (χ1) is 21.8. The topological polar surface area (TPSA) is 157 Å². The maximum atomic E-state index is 12.4. The fraction of sp³-hybridized carbons (Fsp3) is 0.636. The number of aryl methyl sites for hydroxylation is 1. The zero-order valence-corrected chi connectivity index (χ0v) is 26.3. The number of hydrogen-bond acceptors (Lipinski definition) is 9. The summed E-state index contributed by atoms with van der Waals surface area (Å²) in [6.07, 6.45) is 6.65. The number of nitrogens with two attached hydrogens (primary N) is 1. The average Bonchev–Trinajstić information content (AvgIpc) is 3.54. The minimum Gasteiger partial charge on any atom is -0.493 e. The lowest BCUT2D eigenvalue weighted by atomic mass is 10.0. The van der Waals surface area contributed by atoms with Crippen molar-refractivity contribution < 1.29 is 33.7 Å². The molecule has 12 nitrogen and oxygen atoms in total. The van der Waals surface area contributed by atoms with E-state index in [1.807, 2.05) is 25.1 Å².